The van der Waals surface area contributed by atoms with Crippen LogP contribution < -0.4 is 16.4 Å². The Balaban J connectivity index is 1.36. The number of nitrogens with zero attached hydrogens (tertiary/aromatic N) is 3. The van der Waals surface area contributed by atoms with Gasteiger partial charge in [-0.3, -0.25) is 9.79 Å². The number of hydrogen-bond donors (Lipinski definition) is 3. The lowest BCUT2D eigenvalue weighted by Gasteiger charge is -2.14. The molecule has 158 valence electrons. The first kappa shape index (κ1) is 20.9. The minimum Gasteiger partial charge on any atom is -0.397 e. The molecule has 7 nitrogen and oxygen atoms in total. The Morgan fingerprint density at radius 3 is 2.61 bits per heavy atom. The monoisotopic (exact) mass is 432 g/mol. The lowest BCUT2D eigenvalue weighted by Crippen LogP contribution is -2.13. The second-order valence-corrected chi connectivity index (χ2v) is 8.66. The summed E-state index contributed by atoms with van der Waals surface area (Å²) in [5.74, 6) is 0.380. The van der Waals surface area contributed by atoms with Gasteiger partial charge in [-0.2, -0.15) is 0 Å². The summed E-state index contributed by atoms with van der Waals surface area (Å²) in [7, 11) is 0. The van der Waals surface area contributed by atoms with Crippen molar-refractivity contribution in [2.75, 3.05) is 16.4 Å². The number of aromatic nitrogens is 2. The molecule has 3 aromatic rings. The Bertz CT molecular complexity index is 1120. The SMILES string of the molecule is CC1=NC(C)C(c2ccnc(NCc3ccc(C(=O)Nc4ccccc4N)cc3)n2)S1. The molecular formula is C23H24N6OS. The van der Waals surface area contributed by atoms with E-state index in [9.17, 15) is 4.79 Å². The van der Waals surface area contributed by atoms with Crippen LogP contribution in [0.4, 0.5) is 17.3 Å². The Labute approximate surface area is 185 Å². The maximum atomic E-state index is 12.5. The van der Waals surface area contributed by atoms with E-state index in [1.54, 1.807) is 42.2 Å². The summed E-state index contributed by atoms with van der Waals surface area (Å²) < 4.78 is 0. The summed E-state index contributed by atoms with van der Waals surface area (Å²) in [6, 6.07) is 16.7. The van der Waals surface area contributed by atoms with Crippen LogP contribution in [0.25, 0.3) is 0 Å². The largest absolute Gasteiger partial charge is 0.397 e. The van der Waals surface area contributed by atoms with Crippen LogP contribution in [0.2, 0.25) is 0 Å². The second-order valence-electron chi connectivity index (χ2n) is 7.32. The van der Waals surface area contributed by atoms with Gasteiger partial charge in [0.25, 0.3) is 5.91 Å². The number of thioether (sulfide) groups is 1. The maximum absolute atomic E-state index is 12.5. The predicted molar refractivity (Wildman–Crippen MR) is 128 cm³/mol. The molecule has 0 spiro atoms. The Kier molecular flexibility index (Phi) is 6.18. The van der Waals surface area contributed by atoms with Crippen molar-refractivity contribution in [1.82, 2.24) is 9.97 Å². The van der Waals surface area contributed by atoms with Gasteiger partial charge in [0.2, 0.25) is 5.95 Å². The Hall–Kier alpha value is -3.39. The van der Waals surface area contributed by atoms with E-state index in [-0.39, 0.29) is 17.2 Å². The van der Waals surface area contributed by atoms with Gasteiger partial charge in [-0.15, -0.1) is 0 Å². The highest BCUT2D eigenvalue weighted by molar-refractivity contribution is 8.14. The third-order valence-corrected chi connectivity index (χ3v) is 6.30. The first-order chi connectivity index (χ1) is 15.0. The number of carbonyl (C=O) groups excluding carboxylic acids is 1. The summed E-state index contributed by atoms with van der Waals surface area (Å²) >= 11 is 1.74. The number of anilines is 3. The number of carbonyl (C=O) groups is 1. The Morgan fingerprint density at radius 2 is 1.90 bits per heavy atom. The number of benzene rings is 2. The third-order valence-electron chi connectivity index (χ3n) is 4.97. The molecule has 0 saturated heterocycles. The molecule has 2 aromatic carbocycles. The predicted octanol–water partition coefficient (Wildman–Crippen LogP) is 4.52. The summed E-state index contributed by atoms with van der Waals surface area (Å²) in [5.41, 5.74) is 9.58. The molecule has 4 rings (SSSR count). The zero-order chi connectivity index (χ0) is 21.8. The van der Waals surface area contributed by atoms with E-state index >= 15 is 0 Å². The molecule has 0 bridgehead atoms. The third kappa shape index (κ3) is 5.03. The highest BCUT2D eigenvalue weighted by Gasteiger charge is 2.27. The number of aliphatic imine (C=N–C) groups is 1. The summed E-state index contributed by atoms with van der Waals surface area (Å²) in [6.07, 6.45) is 1.77. The average molecular weight is 433 g/mol. The van der Waals surface area contributed by atoms with E-state index < -0.39 is 0 Å². The van der Waals surface area contributed by atoms with Crippen LogP contribution in [0.15, 0.2) is 65.8 Å². The molecule has 1 aliphatic rings. The molecule has 0 fully saturated rings. The molecule has 0 aliphatic carbocycles. The maximum Gasteiger partial charge on any atom is 0.255 e. The van der Waals surface area contributed by atoms with Crippen molar-refractivity contribution in [2.24, 2.45) is 4.99 Å². The van der Waals surface area contributed by atoms with E-state index in [0.717, 1.165) is 16.3 Å². The first-order valence-electron chi connectivity index (χ1n) is 10.0. The number of rotatable bonds is 6. The summed E-state index contributed by atoms with van der Waals surface area (Å²) in [4.78, 5) is 26.0. The molecule has 2 heterocycles. The van der Waals surface area contributed by atoms with Gasteiger partial charge in [0.05, 0.1) is 33.4 Å². The van der Waals surface area contributed by atoms with Crippen molar-refractivity contribution >= 4 is 40.0 Å². The van der Waals surface area contributed by atoms with Gasteiger partial charge in [0.15, 0.2) is 0 Å². The van der Waals surface area contributed by atoms with Gasteiger partial charge in [-0.1, -0.05) is 36.0 Å². The van der Waals surface area contributed by atoms with E-state index in [4.69, 9.17) is 5.73 Å². The van der Waals surface area contributed by atoms with Crippen molar-refractivity contribution in [2.45, 2.75) is 31.7 Å². The number of amides is 1. The van der Waals surface area contributed by atoms with Gasteiger partial charge in [-0.05, 0) is 49.7 Å². The highest BCUT2D eigenvalue weighted by Crippen LogP contribution is 2.39. The number of nitrogens with two attached hydrogens (primary N) is 1. The number of para-hydroxylation sites is 2. The zero-order valence-corrected chi connectivity index (χ0v) is 18.2. The highest BCUT2D eigenvalue weighted by atomic mass is 32.2. The minimum absolute atomic E-state index is 0.200. The normalized spacial score (nSPS) is 17.8. The van der Waals surface area contributed by atoms with E-state index in [1.807, 2.05) is 37.3 Å². The lowest BCUT2D eigenvalue weighted by atomic mass is 10.1. The lowest BCUT2D eigenvalue weighted by molar-refractivity contribution is 0.102. The van der Waals surface area contributed by atoms with Crippen molar-refractivity contribution in [3.8, 4) is 0 Å². The molecule has 31 heavy (non-hydrogen) atoms. The van der Waals surface area contributed by atoms with Crippen molar-refractivity contribution < 1.29 is 4.79 Å². The minimum atomic E-state index is -0.200. The van der Waals surface area contributed by atoms with Crippen LogP contribution in [-0.4, -0.2) is 27.0 Å². The summed E-state index contributed by atoms with van der Waals surface area (Å²) in [5, 5.41) is 7.40. The molecule has 1 amide bonds. The number of hydrogen-bond acceptors (Lipinski definition) is 7. The fraction of sp³-hybridized carbons (Fsp3) is 0.217. The van der Waals surface area contributed by atoms with Crippen LogP contribution in [-0.2, 0) is 6.54 Å². The fourth-order valence-corrected chi connectivity index (χ4v) is 4.46. The first-order valence-corrected chi connectivity index (χ1v) is 10.9. The van der Waals surface area contributed by atoms with Gasteiger partial charge in [0, 0.05) is 18.3 Å². The quantitative estimate of drug-likeness (QED) is 0.495. The van der Waals surface area contributed by atoms with Crippen molar-refractivity contribution in [3.63, 3.8) is 0 Å². The smallest absolute Gasteiger partial charge is 0.255 e. The van der Waals surface area contributed by atoms with Crippen molar-refractivity contribution in [1.29, 1.82) is 0 Å². The molecule has 1 aromatic heterocycles. The van der Waals surface area contributed by atoms with Crippen LogP contribution in [0.3, 0.4) is 0 Å². The molecule has 0 radical (unpaired) electrons. The molecule has 4 N–H and O–H groups in total. The van der Waals surface area contributed by atoms with Gasteiger partial charge in [-0.25, -0.2) is 9.97 Å². The van der Waals surface area contributed by atoms with E-state index in [1.165, 1.54) is 0 Å². The van der Waals surface area contributed by atoms with Gasteiger partial charge >= 0.3 is 0 Å². The van der Waals surface area contributed by atoms with E-state index in [2.05, 4.69) is 32.5 Å². The number of nitrogens with one attached hydrogen (secondary N) is 2. The standard InChI is InChI=1S/C23H24N6OS/c1-14-21(31-15(2)27-14)20-11-12-25-23(29-20)26-13-16-7-9-17(10-8-16)22(30)28-19-6-4-3-5-18(19)24/h3-12,14,21H,13,24H2,1-2H3,(H,28,30)(H,25,26,29). The van der Waals surface area contributed by atoms with Crippen LogP contribution in [0.1, 0.15) is 40.7 Å². The molecular weight excluding hydrogens is 408 g/mol. The van der Waals surface area contributed by atoms with Crippen LogP contribution in [0, 0.1) is 0 Å². The molecule has 2 unspecified atom stereocenters. The molecule has 8 heteroatoms. The Morgan fingerprint density at radius 1 is 1.13 bits per heavy atom. The molecule has 1 aliphatic heterocycles. The van der Waals surface area contributed by atoms with Gasteiger partial charge in [0.1, 0.15) is 0 Å². The fourth-order valence-electron chi connectivity index (χ4n) is 3.35. The topological polar surface area (TPSA) is 105 Å². The van der Waals surface area contributed by atoms with Gasteiger partial charge < -0.3 is 16.4 Å². The second kappa shape index (κ2) is 9.18. The summed E-state index contributed by atoms with van der Waals surface area (Å²) in [6.45, 7) is 4.69. The molecule has 2 atom stereocenters. The van der Waals surface area contributed by atoms with Crippen LogP contribution in [0.5, 0.6) is 0 Å². The van der Waals surface area contributed by atoms with Crippen molar-refractivity contribution in [3.05, 3.63) is 77.6 Å². The van der Waals surface area contributed by atoms with Crippen LogP contribution >= 0.6 is 11.8 Å². The average Bonchev–Trinajstić information content (AvgIpc) is 3.12. The number of nitrogen functional groups attached to an aromatic ring is 1. The molecule has 0 saturated carbocycles. The van der Waals surface area contributed by atoms with E-state index in [0.29, 0.717) is 29.4 Å². The zero-order valence-electron chi connectivity index (χ0n) is 17.4.